The number of carboxylic acid groups (broad SMARTS) is 1. The van der Waals surface area contributed by atoms with Crippen LogP contribution in [0.2, 0.25) is 0 Å². The van der Waals surface area contributed by atoms with Gasteiger partial charge in [-0.3, -0.25) is 19.2 Å². The molecule has 0 saturated heterocycles. The highest BCUT2D eigenvalue weighted by atomic mass is 32.2. The van der Waals surface area contributed by atoms with Crippen LogP contribution < -0.4 is 14.9 Å². The predicted octanol–water partition coefficient (Wildman–Crippen LogP) is 3.20. The Kier molecular flexibility index (Phi) is 8.91. The van der Waals surface area contributed by atoms with E-state index in [4.69, 9.17) is 5.11 Å². The van der Waals surface area contributed by atoms with Crippen LogP contribution in [-0.2, 0) is 26.6 Å². The Morgan fingerprint density at radius 1 is 1.22 bits per heavy atom. The summed E-state index contributed by atoms with van der Waals surface area (Å²) in [5, 5.41) is 11.8. The van der Waals surface area contributed by atoms with Gasteiger partial charge in [-0.05, 0) is 43.0 Å². The Balaban J connectivity index is 1.69. The second-order valence-electron chi connectivity index (χ2n) is 7.43. The van der Waals surface area contributed by atoms with Crippen molar-refractivity contribution in [3.63, 3.8) is 0 Å². The van der Waals surface area contributed by atoms with Crippen LogP contribution in [0.15, 0.2) is 39.6 Å². The Labute approximate surface area is 195 Å². The molecule has 3 N–H and O–H groups in total. The molecule has 1 aliphatic rings. The lowest BCUT2D eigenvalue weighted by molar-refractivity contribution is -0.136. The number of amides is 2. The minimum atomic E-state index is -1.60. The third-order valence-corrected chi connectivity index (χ3v) is 8.38. The number of thiazole rings is 1. The molecule has 2 amide bonds. The molecule has 2 unspecified atom stereocenters. The average molecular weight is 499 g/mol. The number of aliphatic carboxylic acids is 1. The zero-order chi connectivity index (χ0) is 23.1. The van der Waals surface area contributed by atoms with Crippen molar-refractivity contribution >= 4 is 55.9 Å². The SMILES string of the molecule is CS(=O)c1ccc(N(CC2CCCC2)C(=O)Nc2ncc(S(=O)NCCC(=O)O)s2)cc1. The van der Waals surface area contributed by atoms with Gasteiger partial charge in [0.05, 0.1) is 12.6 Å². The molecule has 0 bridgehead atoms. The Hall–Kier alpha value is -2.15. The zero-order valence-electron chi connectivity index (χ0n) is 17.6. The van der Waals surface area contributed by atoms with Crippen LogP contribution >= 0.6 is 11.3 Å². The zero-order valence-corrected chi connectivity index (χ0v) is 20.1. The predicted molar refractivity (Wildman–Crippen MR) is 126 cm³/mol. The number of aromatic nitrogens is 1. The molecule has 2 aromatic rings. The molecule has 174 valence electrons. The van der Waals surface area contributed by atoms with E-state index in [9.17, 15) is 18.0 Å². The number of carbonyl (C=O) groups excluding carboxylic acids is 1. The van der Waals surface area contributed by atoms with E-state index in [1.807, 2.05) is 0 Å². The number of nitrogens with zero attached hydrogens (tertiary/aromatic N) is 2. The van der Waals surface area contributed by atoms with E-state index in [2.05, 4.69) is 15.0 Å². The van der Waals surface area contributed by atoms with Gasteiger partial charge >= 0.3 is 12.0 Å². The highest BCUT2D eigenvalue weighted by molar-refractivity contribution is 7.85. The number of carbonyl (C=O) groups is 2. The van der Waals surface area contributed by atoms with Crippen molar-refractivity contribution in [3.05, 3.63) is 30.5 Å². The average Bonchev–Trinajstić information content (AvgIpc) is 3.44. The second-order valence-corrected chi connectivity index (χ2v) is 11.4. The van der Waals surface area contributed by atoms with Gasteiger partial charge < -0.3 is 5.11 Å². The number of carboxylic acids is 1. The van der Waals surface area contributed by atoms with Crippen LogP contribution in [-0.4, -0.2) is 49.9 Å². The summed E-state index contributed by atoms with van der Waals surface area (Å²) in [7, 11) is -2.70. The highest BCUT2D eigenvalue weighted by Gasteiger charge is 2.24. The standard InChI is InChI=1S/C20H26N4O5S3/c1-31(28)16-8-6-15(7-9-16)24(13-14-4-2-3-5-14)20(27)23-19-21-12-18(30-19)32(29)22-11-10-17(25)26/h6-9,12,14,22H,2-5,10-11,13H2,1H3,(H,25,26)(H,21,23,27). The molecule has 3 rings (SSSR count). The van der Waals surface area contributed by atoms with E-state index in [0.717, 1.165) is 37.0 Å². The molecule has 0 spiro atoms. The maximum absolute atomic E-state index is 13.1. The third kappa shape index (κ3) is 6.92. The summed E-state index contributed by atoms with van der Waals surface area (Å²) in [6.45, 7) is 0.635. The first-order valence-electron chi connectivity index (χ1n) is 10.2. The third-order valence-electron chi connectivity index (χ3n) is 5.09. The van der Waals surface area contributed by atoms with Crippen molar-refractivity contribution in [3.8, 4) is 0 Å². The fourth-order valence-electron chi connectivity index (χ4n) is 3.46. The molecule has 0 aliphatic heterocycles. The van der Waals surface area contributed by atoms with Gasteiger partial charge in [0.25, 0.3) is 0 Å². The van der Waals surface area contributed by atoms with Gasteiger partial charge in [-0.15, -0.1) is 0 Å². The van der Waals surface area contributed by atoms with E-state index in [1.165, 1.54) is 6.20 Å². The second kappa shape index (κ2) is 11.6. The maximum Gasteiger partial charge on any atom is 0.328 e. The van der Waals surface area contributed by atoms with Gasteiger partial charge in [-0.2, -0.15) is 0 Å². The van der Waals surface area contributed by atoms with Gasteiger partial charge in [0.1, 0.15) is 15.2 Å². The van der Waals surface area contributed by atoms with E-state index in [1.54, 1.807) is 35.4 Å². The molecule has 1 heterocycles. The van der Waals surface area contributed by atoms with Gasteiger partial charge in [-0.25, -0.2) is 18.7 Å². The monoisotopic (exact) mass is 498 g/mol. The van der Waals surface area contributed by atoms with Crippen molar-refractivity contribution in [1.29, 1.82) is 0 Å². The van der Waals surface area contributed by atoms with Crippen molar-refractivity contribution in [2.24, 2.45) is 5.92 Å². The molecule has 1 fully saturated rings. The minimum absolute atomic E-state index is 0.0647. The number of hydrogen-bond acceptors (Lipinski definition) is 6. The van der Waals surface area contributed by atoms with Gasteiger partial charge in [0.15, 0.2) is 5.13 Å². The Morgan fingerprint density at radius 3 is 2.53 bits per heavy atom. The van der Waals surface area contributed by atoms with Crippen LogP contribution in [0.25, 0.3) is 0 Å². The van der Waals surface area contributed by atoms with Crippen molar-refractivity contribution in [2.45, 2.75) is 41.2 Å². The van der Waals surface area contributed by atoms with Crippen LogP contribution in [0.5, 0.6) is 0 Å². The fourth-order valence-corrected chi connectivity index (χ4v) is 5.81. The molecule has 12 heteroatoms. The first kappa shape index (κ1) is 24.5. The van der Waals surface area contributed by atoms with E-state index < -0.39 is 27.8 Å². The Morgan fingerprint density at radius 2 is 1.91 bits per heavy atom. The summed E-state index contributed by atoms with van der Waals surface area (Å²) < 4.78 is 26.9. The molecular formula is C20H26N4O5S3. The van der Waals surface area contributed by atoms with Gasteiger partial charge in [0.2, 0.25) is 0 Å². The highest BCUT2D eigenvalue weighted by Crippen LogP contribution is 2.29. The number of nitrogens with one attached hydrogen (secondary N) is 2. The largest absolute Gasteiger partial charge is 0.481 e. The Bertz CT molecular complexity index is 989. The van der Waals surface area contributed by atoms with Crippen LogP contribution in [0.3, 0.4) is 0 Å². The van der Waals surface area contributed by atoms with Crippen LogP contribution in [0.4, 0.5) is 15.6 Å². The topological polar surface area (TPSA) is 129 Å². The number of anilines is 2. The molecule has 1 aliphatic carbocycles. The van der Waals surface area contributed by atoms with E-state index in [0.29, 0.717) is 32.4 Å². The molecule has 9 nitrogen and oxygen atoms in total. The molecular weight excluding hydrogens is 472 g/mol. The summed E-state index contributed by atoms with van der Waals surface area (Å²) in [5.74, 6) is -0.564. The lowest BCUT2D eigenvalue weighted by Gasteiger charge is -2.26. The fraction of sp³-hybridized carbons (Fsp3) is 0.450. The summed E-state index contributed by atoms with van der Waals surface area (Å²) in [4.78, 5) is 30.2. The summed E-state index contributed by atoms with van der Waals surface area (Å²) in [6, 6.07) is 6.76. The minimum Gasteiger partial charge on any atom is -0.481 e. The van der Waals surface area contributed by atoms with E-state index in [-0.39, 0.29) is 19.0 Å². The smallest absolute Gasteiger partial charge is 0.328 e. The summed E-state index contributed by atoms with van der Waals surface area (Å²) >= 11 is 1.07. The maximum atomic E-state index is 13.1. The van der Waals surface area contributed by atoms with Crippen LogP contribution in [0.1, 0.15) is 32.1 Å². The molecule has 0 radical (unpaired) electrons. The normalized spacial score (nSPS) is 15.9. The van der Waals surface area contributed by atoms with E-state index >= 15 is 0 Å². The number of rotatable bonds is 10. The summed E-state index contributed by atoms with van der Waals surface area (Å²) in [6.07, 6.45) is 7.32. The summed E-state index contributed by atoms with van der Waals surface area (Å²) in [5.41, 5.74) is 0.708. The lowest BCUT2D eigenvalue weighted by atomic mass is 10.1. The number of benzene rings is 1. The first-order chi connectivity index (χ1) is 15.3. The van der Waals surface area contributed by atoms with Crippen molar-refractivity contribution in [1.82, 2.24) is 9.71 Å². The molecule has 1 aromatic carbocycles. The number of hydrogen-bond donors (Lipinski definition) is 3. The number of urea groups is 1. The van der Waals surface area contributed by atoms with Gasteiger partial charge in [0, 0.05) is 40.7 Å². The molecule has 32 heavy (non-hydrogen) atoms. The van der Waals surface area contributed by atoms with Crippen molar-refractivity contribution < 1.29 is 23.1 Å². The van der Waals surface area contributed by atoms with Crippen LogP contribution in [0, 0.1) is 5.92 Å². The lowest BCUT2D eigenvalue weighted by Crippen LogP contribution is -2.38. The van der Waals surface area contributed by atoms with Crippen molar-refractivity contribution in [2.75, 3.05) is 29.6 Å². The van der Waals surface area contributed by atoms with Gasteiger partial charge in [-0.1, -0.05) is 24.2 Å². The first-order valence-corrected chi connectivity index (χ1v) is 13.7. The molecule has 2 atom stereocenters. The molecule has 1 aromatic heterocycles. The quantitative estimate of drug-likeness (QED) is 0.461. The molecule has 1 saturated carbocycles.